The Morgan fingerprint density at radius 1 is 1.11 bits per heavy atom. The van der Waals surface area contributed by atoms with Crippen LogP contribution in [0.3, 0.4) is 0 Å². The number of benzene rings is 1. The summed E-state index contributed by atoms with van der Waals surface area (Å²) in [6, 6.07) is 11.8. The van der Waals surface area contributed by atoms with Crippen molar-refractivity contribution in [1.29, 1.82) is 0 Å². The molecule has 19 heavy (non-hydrogen) atoms. The summed E-state index contributed by atoms with van der Waals surface area (Å²) in [4.78, 5) is 4.41. The van der Waals surface area contributed by atoms with Crippen molar-refractivity contribution in [3.05, 3.63) is 59.9 Å². The molecular weight excluding hydrogens is 260 g/mol. The first-order chi connectivity index (χ1) is 8.99. The zero-order chi connectivity index (χ0) is 13.9. The molecule has 0 radical (unpaired) electrons. The molecule has 0 saturated carbocycles. The molecule has 5 heteroatoms. The van der Waals surface area contributed by atoms with E-state index >= 15 is 0 Å². The van der Waals surface area contributed by atoms with E-state index < -0.39 is 10.0 Å². The number of hydrogen-bond donors (Lipinski definition) is 1. The highest BCUT2D eigenvalue weighted by atomic mass is 32.2. The Morgan fingerprint density at radius 3 is 2.37 bits per heavy atom. The van der Waals surface area contributed by atoms with Gasteiger partial charge in [0.1, 0.15) is 0 Å². The Balaban J connectivity index is 2.20. The molecule has 0 aliphatic carbocycles. The van der Waals surface area contributed by atoms with Crippen molar-refractivity contribution in [2.45, 2.75) is 24.8 Å². The smallest absolute Gasteiger partial charge is 0.241 e. The second kappa shape index (κ2) is 5.50. The minimum absolute atomic E-state index is 0.265. The maximum atomic E-state index is 12.2. The van der Waals surface area contributed by atoms with Gasteiger partial charge in [0.2, 0.25) is 10.0 Å². The van der Waals surface area contributed by atoms with Crippen LogP contribution >= 0.6 is 0 Å². The second-order valence-corrected chi connectivity index (χ2v) is 6.12. The van der Waals surface area contributed by atoms with Crippen LogP contribution in [0.25, 0.3) is 0 Å². The molecule has 100 valence electrons. The average Bonchev–Trinajstić information content (AvgIpc) is 2.40. The molecule has 0 saturated heterocycles. The summed E-state index contributed by atoms with van der Waals surface area (Å²) < 4.78 is 27.0. The molecule has 1 heterocycles. The fourth-order valence-electron chi connectivity index (χ4n) is 1.71. The first kappa shape index (κ1) is 13.7. The number of hydrogen-bond acceptors (Lipinski definition) is 3. The molecule has 0 bridgehead atoms. The second-order valence-electron chi connectivity index (χ2n) is 4.41. The summed E-state index contributed by atoms with van der Waals surface area (Å²) in [6.07, 6.45) is 1.64. The summed E-state index contributed by atoms with van der Waals surface area (Å²) in [7, 11) is -3.51. The first-order valence-corrected chi connectivity index (χ1v) is 7.47. The van der Waals surface area contributed by atoms with Crippen molar-refractivity contribution < 1.29 is 8.42 Å². The third-order valence-corrected chi connectivity index (χ3v) is 4.35. The van der Waals surface area contributed by atoms with E-state index in [2.05, 4.69) is 9.71 Å². The van der Waals surface area contributed by atoms with Gasteiger partial charge in [-0.2, -0.15) is 0 Å². The molecule has 0 spiro atoms. The SMILES string of the molecule is Cc1ccc(S(=O)(=O)NC(C)c2ccccn2)cc1. The highest BCUT2D eigenvalue weighted by molar-refractivity contribution is 7.89. The predicted octanol–water partition coefficient (Wildman–Crippen LogP) is 2.43. The summed E-state index contributed by atoms with van der Waals surface area (Å²) in [5.74, 6) is 0. The van der Waals surface area contributed by atoms with Gasteiger partial charge < -0.3 is 0 Å². The Hall–Kier alpha value is -1.72. The van der Waals surface area contributed by atoms with E-state index in [1.807, 2.05) is 13.0 Å². The van der Waals surface area contributed by atoms with Gasteiger partial charge in [0, 0.05) is 6.20 Å². The van der Waals surface area contributed by atoms with Crippen LogP contribution in [0, 0.1) is 6.92 Å². The number of nitrogens with one attached hydrogen (secondary N) is 1. The van der Waals surface area contributed by atoms with E-state index in [1.165, 1.54) is 0 Å². The molecule has 0 aliphatic rings. The monoisotopic (exact) mass is 276 g/mol. The summed E-state index contributed by atoms with van der Waals surface area (Å²) in [5.41, 5.74) is 1.72. The van der Waals surface area contributed by atoms with E-state index in [9.17, 15) is 8.42 Å². The molecule has 2 rings (SSSR count). The third kappa shape index (κ3) is 3.39. The molecule has 0 amide bonds. The number of aryl methyl sites for hydroxylation is 1. The van der Waals surface area contributed by atoms with Crippen LogP contribution in [-0.2, 0) is 10.0 Å². The van der Waals surface area contributed by atoms with Gasteiger partial charge in [0.15, 0.2) is 0 Å². The van der Waals surface area contributed by atoms with E-state index in [1.54, 1.807) is 49.5 Å². The van der Waals surface area contributed by atoms with Crippen LogP contribution in [0.4, 0.5) is 0 Å². The molecule has 1 unspecified atom stereocenters. The largest absolute Gasteiger partial charge is 0.260 e. The van der Waals surface area contributed by atoms with Crippen LogP contribution in [0.5, 0.6) is 0 Å². The molecule has 0 aliphatic heterocycles. The molecule has 0 fully saturated rings. The number of sulfonamides is 1. The van der Waals surface area contributed by atoms with Crippen LogP contribution in [0.1, 0.15) is 24.2 Å². The van der Waals surface area contributed by atoms with Gasteiger partial charge in [0.25, 0.3) is 0 Å². The van der Waals surface area contributed by atoms with Crippen molar-refractivity contribution in [3.63, 3.8) is 0 Å². The van der Waals surface area contributed by atoms with E-state index in [-0.39, 0.29) is 10.9 Å². The summed E-state index contributed by atoms with van der Waals surface area (Å²) in [5, 5.41) is 0. The molecular formula is C14H16N2O2S. The number of rotatable bonds is 4. The Kier molecular flexibility index (Phi) is 3.97. The molecule has 2 aromatic rings. The van der Waals surface area contributed by atoms with Gasteiger partial charge in [-0.05, 0) is 38.1 Å². The molecule has 1 aromatic heterocycles. The number of nitrogens with zero attached hydrogens (tertiary/aromatic N) is 1. The Bertz CT molecular complexity index is 637. The van der Waals surface area contributed by atoms with Crippen molar-refractivity contribution in [3.8, 4) is 0 Å². The molecule has 1 aromatic carbocycles. The fraction of sp³-hybridized carbons (Fsp3) is 0.214. The lowest BCUT2D eigenvalue weighted by Crippen LogP contribution is -2.27. The zero-order valence-electron chi connectivity index (χ0n) is 10.9. The summed E-state index contributed by atoms with van der Waals surface area (Å²) in [6.45, 7) is 3.69. The third-order valence-electron chi connectivity index (χ3n) is 2.79. The van der Waals surface area contributed by atoms with Crippen LogP contribution in [-0.4, -0.2) is 13.4 Å². The van der Waals surface area contributed by atoms with Gasteiger partial charge in [-0.15, -0.1) is 0 Å². The van der Waals surface area contributed by atoms with Crippen LogP contribution in [0.2, 0.25) is 0 Å². The lowest BCUT2D eigenvalue weighted by atomic mass is 10.2. The number of pyridine rings is 1. The predicted molar refractivity (Wildman–Crippen MR) is 74.2 cm³/mol. The quantitative estimate of drug-likeness (QED) is 0.933. The topological polar surface area (TPSA) is 59.1 Å². The van der Waals surface area contributed by atoms with Crippen LogP contribution in [0.15, 0.2) is 53.6 Å². The fourth-order valence-corrected chi connectivity index (χ4v) is 2.93. The lowest BCUT2D eigenvalue weighted by molar-refractivity contribution is 0.564. The van der Waals surface area contributed by atoms with Crippen LogP contribution < -0.4 is 4.72 Å². The highest BCUT2D eigenvalue weighted by Crippen LogP contribution is 2.15. The highest BCUT2D eigenvalue weighted by Gasteiger charge is 2.18. The van der Waals surface area contributed by atoms with Gasteiger partial charge in [0.05, 0.1) is 16.6 Å². The average molecular weight is 276 g/mol. The van der Waals surface area contributed by atoms with Gasteiger partial charge in [-0.1, -0.05) is 23.8 Å². The lowest BCUT2D eigenvalue weighted by Gasteiger charge is -2.13. The minimum Gasteiger partial charge on any atom is -0.260 e. The van der Waals surface area contributed by atoms with E-state index in [0.717, 1.165) is 5.56 Å². The normalized spacial score (nSPS) is 13.2. The maximum absolute atomic E-state index is 12.2. The van der Waals surface area contributed by atoms with E-state index in [4.69, 9.17) is 0 Å². The summed E-state index contributed by atoms with van der Waals surface area (Å²) >= 11 is 0. The molecule has 1 atom stereocenters. The van der Waals surface area contributed by atoms with Gasteiger partial charge in [-0.3, -0.25) is 4.98 Å². The standard InChI is InChI=1S/C14H16N2O2S/c1-11-6-8-13(9-7-11)19(17,18)16-12(2)14-5-3-4-10-15-14/h3-10,12,16H,1-2H3. The minimum atomic E-state index is -3.51. The molecule has 1 N–H and O–H groups in total. The zero-order valence-corrected chi connectivity index (χ0v) is 11.7. The van der Waals surface area contributed by atoms with Gasteiger partial charge >= 0.3 is 0 Å². The van der Waals surface area contributed by atoms with Crippen molar-refractivity contribution >= 4 is 10.0 Å². The van der Waals surface area contributed by atoms with Crippen molar-refractivity contribution in [1.82, 2.24) is 9.71 Å². The Morgan fingerprint density at radius 2 is 1.79 bits per heavy atom. The van der Waals surface area contributed by atoms with Crippen molar-refractivity contribution in [2.75, 3.05) is 0 Å². The van der Waals surface area contributed by atoms with Crippen molar-refractivity contribution in [2.24, 2.45) is 0 Å². The molecule has 4 nitrogen and oxygen atoms in total. The number of aromatic nitrogens is 1. The Labute approximate surface area is 113 Å². The maximum Gasteiger partial charge on any atom is 0.241 e. The van der Waals surface area contributed by atoms with E-state index in [0.29, 0.717) is 5.69 Å². The first-order valence-electron chi connectivity index (χ1n) is 5.99. The van der Waals surface area contributed by atoms with Gasteiger partial charge in [-0.25, -0.2) is 13.1 Å².